The van der Waals surface area contributed by atoms with E-state index in [1.54, 1.807) is 0 Å². The first-order valence-electron chi connectivity index (χ1n) is 4.80. The van der Waals surface area contributed by atoms with Crippen LogP contribution in [0.5, 0.6) is 0 Å². The Morgan fingerprint density at radius 3 is 3.15 bits per heavy atom. The van der Waals surface area contributed by atoms with Crippen molar-refractivity contribution in [3.05, 3.63) is 35.4 Å². The zero-order valence-electron chi connectivity index (χ0n) is 7.73. The lowest BCUT2D eigenvalue weighted by Crippen LogP contribution is -2.16. The van der Waals surface area contributed by atoms with Crippen LogP contribution < -0.4 is 0 Å². The van der Waals surface area contributed by atoms with Gasteiger partial charge in [0.25, 0.3) is 0 Å². The van der Waals surface area contributed by atoms with Gasteiger partial charge in [0.2, 0.25) is 0 Å². The molecule has 2 aliphatic rings. The third-order valence-corrected chi connectivity index (χ3v) is 3.19. The maximum atomic E-state index is 5.51. The van der Waals surface area contributed by atoms with Crippen LogP contribution in [0.1, 0.15) is 17.2 Å². The molecule has 3 rings (SSSR count). The van der Waals surface area contributed by atoms with E-state index in [4.69, 9.17) is 4.84 Å². The average Bonchev–Trinajstić information content (AvgIpc) is 2.66. The van der Waals surface area contributed by atoms with Gasteiger partial charge in [0.05, 0.1) is 12.6 Å². The van der Waals surface area contributed by atoms with Gasteiger partial charge in [0.15, 0.2) is 0 Å². The van der Waals surface area contributed by atoms with Crippen LogP contribution in [0.3, 0.4) is 0 Å². The Morgan fingerprint density at radius 1 is 1.38 bits per heavy atom. The molecular formula is C11H13NO. The number of hydrogen-bond donors (Lipinski definition) is 0. The molecule has 1 aliphatic carbocycles. The molecule has 1 saturated heterocycles. The molecule has 0 bridgehead atoms. The summed E-state index contributed by atoms with van der Waals surface area (Å²) in [6.07, 6.45) is 1.19. The Labute approximate surface area is 78.1 Å². The average molecular weight is 175 g/mol. The van der Waals surface area contributed by atoms with Crippen molar-refractivity contribution in [2.24, 2.45) is 5.92 Å². The molecule has 0 amide bonds. The monoisotopic (exact) mass is 175 g/mol. The van der Waals surface area contributed by atoms with E-state index in [2.05, 4.69) is 24.3 Å². The lowest BCUT2D eigenvalue weighted by molar-refractivity contribution is -0.110. The minimum Gasteiger partial charge on any atom is -0.298 e. The summed E-state index contributed by atoms with van der Waals surface area (Å²) in [7, 11) is 2.03. The Kier molecular flexibility index (Phi) is 1.49. The third-order valence-electron chi connectivity index (χ3n) is 3.19. The standard InChI is InChI=1S/C11H13NO/c1-12-11-9(7-13-12)6-8-4-2-3-5-10(8)11/h2-5,9,11H,6-7H2,1H3/t9-,11+/m1/s1. The molecule has 0 saturated carbocycles. The molecule has 0 radical (unpaired) electrons. The molecule has 2 atom stereocenters. The number of fused-ring (bicyclic) bond motifs is 3. The molecule has 13 heavy (non-hydrogen) atoms. The number of hydrogen-bond acceptors (Lipinski definition) is 2. The molecular weight excluding hydrogens is 162 g/mol. The minimum atomic E-state index is 0.510. The van der Waals surface area contributed by atoms with Crippen LogP contribution in [0.15, 0.2) is 24.3 Å². The van der Waals surface area contributed by atoms with Gasteiger partial charge in [0, 0.05) is 13.0 Å². The molecule has 1 aromatic carbocycles. The van der Waals surface area contributed by atoms with E-state index < -0.39 is 0 Å². The highest BCUT2D eigenvalue weighted by atomic mass is 16.7. The zero-order valence-corrected chi connectivity index (χ0v) is 7.73. The van der Waals surface area contributed by atoms with E-state index in [1.165, 1.54) is 17.5 Å². The second-order valence-electron chi connectivity index (χ2n) is 3.95. The van der Waals surface area contributed by atoms with Crippen LogP contribution in [-0.2, 0) is 11.3 Å². The van der Waals surface area contributed by atoms with Gasteiger partial charge in [-0.15, -0.1) is 0 Å². The highest BCUT2D eigenvalue weighted by Gasteiger charge is 2.40. The fraction of sp³-hybridized carbons (Fsp3) is 0.455. The Bertz CT molecular complexity index is 337. The first-order valence-corrected chi connectivity index (χ1v) is 4.80. The summed E-state index contributed by atoms with van der Waals surface area (Å²) in [5.74, 6) is 0.683. The largest absolute Gasteiger partial charge is 0.298 e. The van der Waals surface area contributed by atoms with Gasteiger partial charge >= 0.3 is 0 Å². The molecule has 0 aromatic heterocycles. The summed E-state index contributed by atoms with van der Waals surface area (Å²) < 4.78 is 0. The van der Waals surface area contributed by atoms with Crippen molar-refractivity contribution in [2.45, 2.75) is 12.5 Å². The second-order valence-corrected chi connectivity index (χ2v) is 3.95. The predicted octanol–water partition coefficient (Wildman–Crippen LogP) is 1.78. The van der Waals surface area contributed by atoms with Crippen LogP contribution in [0.2, 0.25) is 0 Å². The molecule has 2 nitrogen and oxygen atoms in total. The molecule has 1 fully saturated rings. The predicted molar refractivity (Wildman–Crippen MR) is 50.1 cm³/mol. The van der Waals surface area contributed by atoms with Gasteiger partial charge in [-0.2, -0.15) is 5.06 Å². The maximum absolute atomic E-state index is 5.51. The molecule has 0 spiro atoms. The summed E-state index contributed by atoms with van der Waals surface area (Å²) in [6, 6.07) is 9.22. The van der Waals surface area contributed by atoms with Gasteiger partial charge in [-0.05, 0) is 17.5 Å². The van der Waals surface area contributed by atoms with E-state index in [1.807, 2.05) is 12.1 Å². The lowest BCUT2D eigenvalue weighted by Gasteiger charge is -2.16. The Morgan fingerprint density at radius 2 is 2.23 bits per heavy atom. The molecule has 1 heterocycles. The van der Waals surface area contributed by atoms with E-state index in [9.17, 15) is 0 Å². The summed E-state index contributed by atoms with van der Waals surface area (Å²) in [5.41, 5.74) is 2.97. The van der Waals surface area contributed by atoms with Crippen molar-refractivity contribution in [1.29, 1.82) is 0 Å². The van der Waals surface area contributed by atoms with E-state index in [0.717, 1.165) is 6.61 Å². The van der Waals surface area contributed by atoms with Gasteiger partial charge < -0.3 is 0 Å². The lowest BCUT2D eigenvalue weighted by atomic mass is 10.0. The smallest absolute Gasteiger partial charge is 0.0735 e. The Balaban J connectivity index is 2.08. The minimum absolute atomic E-state index is 0.510. The summed E-state index contributed by atoms with van der Waals surface area (Å²) >= 11 is 0. The van der Waals surface area contributed by atoms with Gasteiger partial charge in [-0.1, -0.05) is 24.3 Å². The normalized spacial score (nSPS) is 31.8. The number of rotatable bonds is 0. The summed E-state index contributed by atoms with van der Waals surface area (Å²) in [4.78, 5) is 5.51. The van der Waals surface area contributed by atoms with Gasteiger partial charge in [0.1, 0.15) is 0 Å². The van der Waals surface area contributed by atoms with Crippen LogP contribution in [-0.4, -0.2) is 18.7 Å². The number of hydroxylamine groups is 2. The third kappa shape index (κ3) is 0.960. The first kappa shape index (κ1) is 7.54. The van der Waals surface area contributed by atoms with Crippen molar-refractivity contribution in [2.75, 3.05) is 13.7 Å². The van der Waals surface area contributed by atoms with Crippen LogP contribution in [0.4, 0.5) is 0 Å². The highest BCUT2D eigenvalue weighted by molar-refractivity contribution is 5.36. The van der Waals surface area contributed by atoms with Crippen molar-refractivity contribution >= 4 is 0 Å². The highest BCUT2D eigenvalue weighted by Crippen LogP contribution is 2.43. The molecule has 0 unspecified atom stereocenters. The Hall–Kier alpha value is -0.860. The van der Waals surface area contributed by atoms with E-state index in [-0.39, 0.29) is 0 Å². The fourth-order valence-electron chi connectivity index (χ4n) is 2.59. The quantitative estimate of drug-likeness (QED) is 0.596. The first-order chi connectivity index (χ1) is 6.36. The SMILES string of the molecule is CN1OC[C@H]2Cc3ccccc3[C@H]21. The summed E-state index contributed by atoms with van der Waals surface area (Å²) in [6.45, 7) is 0.885. The second kappa shape index (κ2) is 2.56. The van der Waals surface area contributed by atoms with Crippen molar-refractivity contribution in [3.63, 3.8) is 0 Å². The number of nitrogens with zero attached hydrogens (tertiary/aromatic N) is 1. The topological polar surface area (TPSA) is 12.5 Å². The maximum Gasteiger partial charge on any atom is 0.0735 e. The molecule has 1 aromatic rings. The van der Waals surface area contributed by atoms with Crippen molar-refractivity contribution < 1.29 is 4.84 Å². The molecule has 68 valence electrons. The molecule has 1 aliphatic heterocycles. The van der Waals surface area contributed by atoms with E-state index in [0.29, 0.717) is 12.0 Å². The number of benzene rings is 1. The zero-order chi connectivity index (χ0) is 8.84. The fourth-order valence-corrected chi connectivity index (χ4v) is 2.59. The van der Waals surface area contributed by atoms with Crippen molar-refractivity contribution in [3.8, 4) is 0 Å². The van der Waals surface area contributed by atoms with E-state index >= 15 is 0 Å². The van der Waals surface area contributed by atoms with Gasteiger partial charge in [-0.25, -0.2) is 0 Å². The van der Waals surface area contributed by atoms with Crippen LogP contribution in [0.25, 0.3) is 0 Å². The van der Waals surface area contributed by atoms with Gasteiger partial charge in [-0.3, -0.25) is 4.84 Å². The molecule has 0 N–H and O–H groups in total. The van der Waals surface area contributed by atoms with Crippen LogP contribution >= 0.6 is 0 Å². The molecule has 2 heteroatoms. The van der Waals surface area contributed by atoms with Crippen LogP contribution in [0, 0.1) is 5.92 Å². The summed E-state index contributed by atoms with van der Waals surface area (Å²) in [5, 5.41) is 2.01. The van der Waals surface area contributed by atoms with Crippen molar-refractivity contribution in [1.82, 2.24) is 5.06 Å².